The minimum Gasteiger partial charge on any atom is -0.368 e. The van der Waals surface area contributed by atoms with Crippen LogP contribution in [0.25, 0.3) is 0 Å². The summed E-state index contributed by atoms with van der Waals surface area (Å²) in [5, 5.41) is 3.90. The lowest BCUT2D eigenvalue weighted by molar-refractivity contribution is 0.651. The molecule has 1 aromatic heterocycles. The van der Waals surface area contributed by atoms with Crippen LogP contribution in [-0.4, -0.2) is 31.2 Å². The predicted octanol–water partition coefficient (Wildman–Crippen LogP) is 3.86. The second kappa shape index (κ2) is 6.20. The van der Waals surface area contributed by atoms with Crippen molar-refractivity contribution in [2.24, 2.45) is 0 Å². The molecule has 0 spiro atoms. The lowest BCUT2D eigenvalue weighted by Gasteiger charge is -2.36. The highest BCUT2D eigenvalue weighted by Gasteiger charge is 2.19. The van der Waals surface area contributed by atoms with E-state index in [0.29, 0.717) is 5.88 Å². The van der Waals surface area contributed by atoms with Crippen molar-refractivity contribution in [2.75, 3.05) is 36.0 Å². The second-order valence-electron chi connectivity index (χ2n) is 4.71. The van der Waals surface area contributed by atoms with Crippen molar-refractivity contribution < 1.29 is 0 Å². The van der Waals surface area contributed by atoms with Gasteiger partial charge in [0.05, 0.1) is 11.6 Å². The Morgan fingerprint density at radius 1 is 1.05 bits per heavy atom. The molecule has 106 valence electrons. The molecule has 0 amide bonds. The van der Waals surface area contributed by atoms with Crippen LogP contribution in [0, 0.1) is 0 Å². The zero-order chi connectivity index (χ0) is 13.9. The van der Waals surface area contributed by atoms with Gasteiger partial charge < -0.3 is 9.80 Å². The first-order valence-corrected chi connectivity index (χ1v) is 8.31. The fourth-order valence-corrected chi connectivity index (χ4v) is 3.54. The molecule has 0 N–H and O–H groups in total. The molecular formula is C14H15Cl2N3S. The first-order valence-electron chi connectivity index (χ1n) is 6.52. The third-order valence-electron chi connectivity index (χ3n) is 3.42. The van der Waals surface area contributed by atoms with Gasteiger partial charge >= 0.3 is 0 Å². The smallest absolute Gasteiger partial charge is 0.185 e. The van der Waals surface area contributed by atoms with Gasteiger partial charge in [-0.3, -0.25) is 0 Å². The summed E-state index contributed by atoms with van der Waals surface area (Å²) in [5.41, 5.74) is 2.20. The maximum atomic E-state index is 5.93. The van der Waals surface area contributed by atoms with E-state index >= 15 is 0 Å². The molecule has 6 heteroatoms. The van der Waals surface area contributed by atoms with Gasteiger partial charge in [0.2, 0.25) is 0 Å². The van der Waals surface area contributed by atoms with Gasteiger partial charge in [0.25, 0.3) is 0 Å². The van der Waals surface area contributed by atoms with Gasteiger partial charge in [-0.15, -0.1) is 22.9 Å². The zero-order valence-corrected chi connectivity index (χ0v) is 13.3. The van der Waals surface area contributed by atoms with E-state index in [4.69, 9.17) is 23.2 Å². The molecule has 0 saturated carbocycles. The van der Waals surface area contributed by atoms with Gasteiger partial charge in [0, 0.05) is 42.3 Å². The molecular weight excluding hydrogens is 313 g/mol. The molecule has 1 aliphatic rings. The van der Waals surface area contributed by atoms with Crippen molar-refractivity contribution >= 4 is 45.4 Å². The largest absolute Gasteiger partial charge is 0.368 e. The summed E-state index contributed by atoms with van der Waals surface area (Å²) < 4.78 is 0. The van der Waals surface area contributed by atoms with Gasteiger partial charge in [0.15, 0.2) is 5.13 Å². The lowest BCUT2D eigenvalue weighted by atomic mass is 10.2. The Morgan fingerprint density at radius 2 is 1.70 bits per heavy atom. The number of piperazine rings is 1. The summed E-state index contributed by atoms with van der Waals surface area (Å²) >= 11 is 13.4. The van der Waals surface area contributed by atoms with Crippen LogP contribution in [-0.2, 0) is 5.88 Å². The van der Waals surface area contributed by atoms with E-state index in [0.717, 1.165) is 42.0 Å². The van der Waals surface area contributed by atoms with E-state index in [9.17, 15) is 0 Å². The average Bonchev–Trinajstić information content (AvgIpc) is 2.97. The van der Waals surface area contributed by atoms with Gasteiger partial charge in [-0.2, -0.15) is 0 Å². The number of aromatic nitrogens is 1. The Hall–Kier alpha value is -0.970. The molecule has 1 aromatic carbocycles. The van der Waals surface area contributed by atoms with Gasteiger partial charge in [0.1, 0.15) is 0 Å². The molecule has 0 aliphatic carbocycles. The van der Waals surface area contributed by atoms with Crippen molar-refractivity contribution in [3.05, 3.63) is 40.4 Å². The van der Waals surface area contributed by atoms with E-state index in [1.807, 2.05) is 17.5 Å². The number of thiazole rings is 1. The van der Waals surface area contributed by atoms with Crippen molar-refractivity contribution in [1.82, 2.24) is 4.98 Å². The van der Waals surface area contributed by atoms with Crippen LogP contribution in [0.4, 0.5) is 10.8 Å². The van der Waals surface area contributed by atoms with E-state index < -0.39 is 0 Å². The molecule has 2 aromatic rings. The highest BCUT2D eigenvalue weighted by molar-refractivity contribution is 7.13. The Balaban J connectivity index is 1.63. The highest BCUT2D eigenvalue weighted by atomic mass is 35.5. The monoisotopic (exact) mass is 327 g/mol. The molecule has 0 bridgehead atoms. The van der Waals surface area contributed by atoms with E-state index in [-0.39, 0.29) is 0 Å². The molecule has 20 heavy (non-hydrogen) atoms. The summed E-state index contributed by atoms with van der Waals surface area (Å²) in [4.78, 5) is 9.24. The number of halogens is 2. The molecule has 3 rings (SSSR count). The van der Waals surface area contributed by atoms with Crippen molar-refractivity contribution in [3.63, 3.8) is 0 Å². The third-order valence-corrected chi connectivity index (χ3v) is 4.89. The van der Waals surface area contributed by atoms with Gasteiger partial charge in [-0.05, 0) is 24.3 Å². The zero-order valence-electron chi connectivity index (χ0n) is 10.9. The van der Waals surface area contributed by atoms with Crippen LogP contribution in [0.5, 0.6) is 0 Å². The maximum Gasteiger partial charge on any atom is 0.185 e. The first-order chi connectivity index (χ1) is 9.76. The Bertz CT molecular complexity index is 562. The SMILES string of the molecule is ClCc1csc(N2CCN(c3ccc(Cl)cc3)CC2)n1. The molecule has 0 radical (unpaired) electrons. The third kappa shape index (κ3) is 3.03. The van der Waals surface area contributed by atoms with E-state index in [1.165, 1.54) is 5.69 Å². The van der Waals surface area contributed by atoms with Crippen molar-refractivity contribution in [3.8, 4) is 0 Å². The number of alkyl halides is 1. The standard InChI is InChI=1S/C14H15Cl2N3S/c15-9-12-10-20-14(17-12)19-7-5-18(6-8-19)13-3-1-11(16)2-4-13/h1-4,10H,5-9H2. The topological polar surface area (TPSA) is 19.4 Å². The average molecular weight is 328 g/mol. The van der Waals surface area contributed by atoms with E-state index in [2.05, 4.69) is 26.9 Å². The lowest BCUT2D eigenvalue weighted by Crippen LogP contribution is -2.46. The number of rotatable bonds is 3. The van der Waals surface area contributed by atoms with Crippen LogP contribution in [0.3, 0.4) is 0 Å². The highest BCUT2D eigenvalue weighted by Crippen LogP contribution is 2.25. The fourth-order valence-electron chi connectivity index (χ4n) is 2.31. The predicted molar refractivity (Wildman–Crippen MR) is 87.5 cm³/mol. The first kappa shape index (κ1) is 14.0. The van der Waals surface area contributed by atoms with Crippen molar-refractivity contribution in [1.29, 1.82) is 0 Å². The minimum atomic E-state index is 0.487. The quantitative estimate of drug-likeness (QED) is 0.798. The van der Waals surface area contributed by atoms with Crippen molar-refractivity contribution in [2.45, 2.75) is 5.88 Å². The molecule has 1 aliphatic heterocycles. The van der Waals surface area contributed by atoms with Crippen LogP contribution in [0.15, 0.2) is 29.6 Å². The molecule has 1 saturated heterocycles. The summed E-state index contributed by atoms with van der Waals surface area (Å²) in [6.45, 7) is 3.96. The molecule has 2 heterocycles. The van der Waals surface area contributed by atoms with E-state index in [1.54, 1.807) is 11.3 Å². The summed E-state index contributed by atoms with van der Waals surface area (Å²) in [6.07, 6.45) is 0. The van der Waals surface area contributed by atoms with Crippen LogP contribution in [0.1, 0.15) is 5.69 Å². The number of hydrogen-bond acceptors (Lipinski definition) is 4. The number of benzene rings is 1. The van der Waals surface area contributed by atoms with Crippen LogP contribution >= 0.6 is 34.5 Å². The molecule has 0 unspecified atom stereocenters. The summed E-state index contributed by atoms with van der Waals surface area (Å²) in [7, 11) is 0. The normalized spacial score (nSPS) is 15.7. The van der Waals surface area contributed by atoms with Crippen LogP contribution < -0.4 is 9.80 Å². The number of anilines is 2. The fraction of sp³-hybridized carbons (Fsp3) is 0.357. The Morgan fingerprint density at radius 3 is 2.30 bits per heavy atom. The Kier molecular flexibility index (Phi) is 4.34. The van der Waals surface area contributed by atoms with Gasteiger partial charge in [-0.25, -0.2) is 4.98 Å². The minimum absolute atomic E-state index is 0.487. The molecule has 3 nitrogen and oxygen atoms in total. The second-order valence-corrected chi connectivity index (χ2v) is 6.25. The number of nitrogens with zero attached hydrogens (tertiary/aromatic N) is 3. The maximum absolute atomic E-state index is 5.93. The molecule has 1 fully saturated rings. The Labute approximate surface area is 132 Å². The molecule has 0 atom stereocenters. The number of hydrogen-bond donors (Lipinski definition) is 0. The van der Waals surface area contributed by atoms with Gasteiger partial charge in [-0.1, -0.05) is 11.6 Å². The summed E-state index contributed by atoms with van der Waals surface area (Å²) in [6, 6.07) is 8.04. The summed E-state index contributed by atoms with van der Waals surface area (Å²) in [5.74, 6) is 0.487. The van der Waals surface area contributed by atoms with Crippen LogP contribution in [0.2, 0.25) is 5.02 Å².